The fraction of sp³-hybridized carbons (Fsp3) is 0.400. The molecule has 0 fully saturated rings. The molecule has 1 N–H and O–H groups in total. The lowest BCUT2D eigenvalue weighted by molar-refractivity contribution is -0.385. The molecule has 1 aliphatic carbocycles. The smallest absolute Gasteiger partial charge is 0.284 e. The fourth-order valence-electron chi connectivity index (χ4n) is 2.40. The molecule has 21 heavy (non-hydrogen) atoms. The summed E-state index contributed by atoms with van der Waals surface area (Å²) < 4.78 is 0.226. The van der Waals surface area contributed by atoms with Crippen LogP contribution in [0.3, 0.4) is 0 Å². The van der Waals surface area contributed by atoms with Crippen LogP contribution in [0.25, 0.3) is 0 Å². The van der Waals surface area contributed by atoms with Crippen molar-refractivity contribution in [2.24, 2.45) is 0 Å². The maximum absolute atomic E-state index is 12.1. The van der Waals surface area contributed by atoms with Gasteiger partial charge in [-0.1, -0.05) is 17.7 Å². The Morgan fingerprint density at radius 1 is 1.38 bits per heavy atom. The average Bonchev–Trinajstić information content (AvgIpc) is 2.48. The Balaban J connectivity index is 1.96. The molecule has 0 spiro atoms. The highest BCUT2D eigenvalue weighted by Crippen LogP contribution is 2.28. The van der Waals surface area contributed by atoms with Gasteiger partial charge in [-0.2, -0.15) is 0 Å². The number of nitrogens with one attached hydrogen (secondary N) is 1. The number of amides is 1. The van der Waals surface area contributed by atoms with Crippen molar-refractivity contribution in [2.75, 3.05) is 6.54 Å². The molecule has 1 aromatic rings. The molecule has 1 aromatic carbocycles. The van der Waals surface area contributed by atoms with Crippen LogP contribution in [0.5, 0.6) is 0 Å². The van der Waals surface area contributed by atoms with Crippen molar-refractivity contribution in [3.8, 4) is 0 Å². The van der Waals surface area contributed by atoms with Crippen LogP contribution in [-0.4, -0.2) is 17.4 Å². The van der Waals surface area contributed by atoms with Crippen molar-refractivity contribution in [1.82, 2.24) is 5.32 Å². The van der Waals surface area contributed by atoms with Gasteiger partial charge in [-0.25, -0.2) is 0 Å². The molecule has 0 heterocycles. The molecule has 0 aliphatic heterocycles. The van der Waals surface area contributed by atoms with Crippen molar-refractivity contribution in [2.45, 2.75) is 32.1 Å². The minimum Gasteiger partial charge on any atom is -0.352 e. The first kappa shape index (κ1) is 15.7. The molecule has 0 saturated carbocycles. The minimum atomic E-state index is -0.506. The van der Waals surface area contributed by atoms with Gasteiger partial charge in [0.1, 0.15) is 4.47 Å². The number of nitrogens with zero attached hydrogens (tertiary/aromatic N) is 1. The van der Waals surface area contributed by atoms with E-state index in [-0.39, 0.29) is 16.1 Å². The SMILES string of the molecule is O=C(NCCC1=CCCCC1)c1cccc([N+](=O)[O-])c1Br. The number of hydrogen-bond acceptors (Lipinski definition) is 3. The van der Waals surface area contributed by atoms with E-state index in [2.05, 4.69) is 27.3 Å². The molecule has 1 aliphatic rings. The molecule has 0 radical (unpaired) electrons. The topological polar surface area (TPSA) is 72.2 Å². The highest BCUT2D eigenvalue weighted by Gasteiger charge is 2.19. The van der Waals surface area contributed by atoms with E-state index in [4.69, 9.17) is 0 Å². The predicted molar refractivity (Wildman–Crippen MR) is 84.3 cm³/mol. The van der Waals surface area contributed by atoms with Gasteiger partial charge in [-0.15, -0.1) is 0 Å². The maximum atomic E-state index is 12.1. The molecular formula is C15H17BrN2O3. The number of nitro groups is 1. The lowest BCUT2D eigenvalue weighted by Gasteiger charge is -2.13. The zero-order valence-corrected chi connectivity index (χ0v) is 13.2. The van der Waals surface area contributed by atoms with Gasteiger partial charge in [0, 0.05) is 12.6 Å². The molecular weight excluding hydrogens is 336 g/mol. The standard InChI is InChI=1S/C15H17BrN2O3/c16-14-12(7-4-8-13(14)18(20)21)15(19)17-10-9-11-5-2-1-3-6-11/h4-5,7-8H,1-3,6,9-10H2,(H,17,19). The molecule has 0 atom stereocenters. The number of rotatable bonds is 5. The number of carbonyl (C=O) groups excluding carboxylic acids is 1. The van der Waals surface area contributed by atoms with Crippen LogP contribution in [0.15, 0.2) is 34.3 Å². The zero-order valence-electron chi connectivity index (χ0n) is 11.6. The lowest BCUT2D eigenvalue weighted by Crippen LogP contribution is -2.25. The second kappa shape index (κ2) is 7.36. The van der Waals surface area contributed by atoms with Crippen molar-refractivity contribution in [3.63, 3.8) is 0 Å². The predicted octanol–water partition coefficient (Wildman–Crippen LogP) is 3.98. The van der Waals surface area contributed by atoms with Gasteiger partial charge < -0.3 is 5.32 Å². The Morgan fingerprint density at radius 3 is 2.86 bits per heavy atom. The molecule has 1 amide bonds. The average molecular weight is 353 g/mol. The van der Waals surface area contributed by atoms with E-state index in [0.717, 1.165) is 19.3 Å². The largest absolute Gasteiger partial charge is 0.352 e. The van der Waals surface area contributed by atoms with Crippen molar-refractivity contribution in [3.05, 3.63) is 50.0 Å². The van der Waals surface area contributed by atoms with Gasteiger partial charge in [0.05, 0.1) is 10.5 Å². The van der Waals surface area contributed by atoms with Crippen LogP contribution in [-0.2, 0) is 0 Å². The van der Waals surface area contributed by atoms with Crippen LogP contribution in [0.4, 0.5) is 5.69 Å². The second-order valence-corrected chi connectivity index (χ2v) is 5.80. The lowest BCUT2D eigenvalue weighted by atomic mass is 9.97. The first-order valence-electron chi connectivity index (χ1n) is 6.98. The molecule has 6 heteroatoms. The molecule has 0 bridgehead atoms. The van der Waals surface area contributed by atoms with Gasteiger partial charge in [-0.3, -0.25) is 14.9 Å². The van der Waals surface area contributed by atoms with Crippen LogP contribution < -0.4 is 5.32 Å². The van der Waals surface area contributed by atoms with E-state index in [9.17, 15) is 14.9 Å². The Kier molecular flexibility index (Phi) is 5.50. The van der Waals surface area contributed by atoms with E-state index < -0.39 is 4.92 Å². The van der Waals surface area contributed by atoms with E-state index in [1.54, 1.807) is 6.07 Å². The number of benzene rings is 1. The number of carbonyl (C=O) groups is 1. The van der Waals surface area contributed by atoms with Gasteiger partial charge >= 0.3 is 0 Å². The summed E-state index contributed by atoms with van der Waals surface area (Å²) >= 11 is 3.14. The first-order chi connectivity index (χ1) is 10.1. The Morgan fingerprint density at radius 2 is 2.19 bits per heavy atom. The highest BCUT2D eigenvalue weighted by molar-refractivity contribution is 9.10. The van der Waals surface area contributed by atoms with Crippen LogP contribution in [0.2, 0.25) is 0 Å². The molecule has 0 aromatic heterocycles. The monoisotopic (exact) mass is 352 g/mol. The molecule has 5 nitrogen and oxygen atoms in total. The zero-order chi connectivity index (χ0) is 15.2. The summed E-state index contributed by atoms with van der Waals surface area (Å²) in [5.41, 5.74) is 1.58. The number of allylic oxidation sites excluding steroid dienone is 1. The molecule has 0 unspecified atom stereocenters. The number of hydrogen-bond donors (Lipinski definition) is 1. The number of halogens is 1. The third kappa shape index (κ3) is 4.14. The summed E-state index contributed by atoms with van der Waals surface area (Å²) in [6.07, 6.45) is 7.79. The van der Waals surface area contributed by atoms with Gasteiger partial charge in [0.15, 0.2) is 0 Å². The minimum absolute atomic E-state index is 0.0994. The second-order valence-electron chi connectivity index (χ2n) is 5.01. The van der Waals surface area contributed by atoms with E-state index >= 15 is 0 Å². The van der Waals surface area contributed by atoms with Crippen molar-refractivity contribution >= 4 is 27.5 Å². The first-order valence-corrected chi connectivity index (χ1v) is 7.78. The van der Waals surface area contributed by atoms with E-state index in [1.807, 2.05) is 0 Å². The molecule has 0 saturated heterocycles. The van der Waals surface area contributed by atoms with E-state index in [1.165, 1.54) is 30.5 Å². The van der Waals surface area contributed by atoms with Crippen molar-refractivity contribution < 1.29 is 9.72 Å². The fourth-order valence-corrected chi connectivity index (χ4v) is 2.99. The Bertz CT molecular complexity index is 584. The van der Waals surface area contributed by atoms with E-state index in [0.29, 0.717) is 12.1 Å². The molecule has 112 valence electrons. The Labute approximate surface area is 131 Å². The summed E-state index contributed by atoms with van der Waals surface area (Å²) in [7, 11) is 0. The maximum Gasteiger partial charge on any atom is 0.284 e. The van der Waals surface area contributed by atoms with Gasteiger partial charge in [0.2, 0.25) is 0 Å². The summed E-state index contributed by atoms with van der Waals surface area (Å²) in [6.45, 7) is 0.555. The van der Waals surface area contributed by atoms with Crippen LogP contribution >= 0.6 is 15.9 Å². The van der Waals surface area contributed by atoms with Crippen molar-refractivity contribution in [1.29, 1.82) is 0 Å². The summed E-state index contributed by atoms with van der Waals surface area (Å²) in [6, 6.07) is 4.46. The normalized spacial score (nSPS) is 14.4. The summed E-state index contributed by atoms with van der Waals surface area (Å²) in [5.74, 6) is -0.290. The summed E-state index contributed by atoms with van der Waals surface area (Å²) in [4.78, 5) is 22.4. The van der Waals surface area contributed by atoms with Crippen LogP contribution in [0, 0.1) is 10.1 Å². The van der Waals surface area contributed by atoms with Crippen LogP contribution in [0.1, 0.15) is 42.5 Å². The third-order valence-electron chi connectivity index (χ3n) is 3.54. The third-order valence-corrected chi connectivity index (χ3v) is 4.37. The Hall–Kier alpha value is -1.69. The van der Waals surface area contributed by atoms with Gasteiger partial charge in [0.25, 0.3) is 11.6 Å². The molecule has 2 rings (SSSR count). The summed E-state index contributed by atoms with van der Waals surface area (Å²) in [5, 5.41) is 13.7. The number of nitro benzene ring substituents is 1. The highest BCUT2D eigenvalue weighted by atomic mass is 79.9. The van der Waals surface area contributed by atoms with Gasteiger partial charge in [-0.05, 0) is 54.1 Å². The quantitative estimate of drug-likeness (QED) is 0.494.